The van der Waals surface area contributed by atoms with Gasteiger partial charge in [0.15, 0.2) is 5.69 Å². The number of alkyl halides is 3. The molecule has 0 bridgehead atoms. The van der Waals surface area contributed by atoms with E-state index in [0.29, 0.717) is 62.1 Å². The maximum Gasteiger partial charge on any atom is 0.391 e. The molecule has 0 aromatic carbocycles. The van der Waals surface area contributed by atoms with E-state index in [1.807, 2.05) is 13.8 Å². The van der Waals surface area contributed by atoms with Gasteiger partial charge in [0.25, 0.3) is 5.91 Å². The van der Waals surface area contributed by atoms with Crippen LogP contribution >= 0.6 is 11.6 Å². The normalized spacial score (nSPS) is 19.6. The number of aromatic nitrogens is 3. The molecule has 1 N–H and O–H groups in total. The molecule has 206 valence electrons. The van der Waals surface area contributed by atoms with Crippen LogP contribution in [0.4, 0.5) is 13.2 Å². The van der Waals surface area contributed by atoms with Crippen LogP contribution in [0.25, 0.3) is 11.3 Å². The van der Waals surface area contributed by atoms with Gasteiger partial charge >= 0.3 is 6.18 Å². The number of aryl methyl sites for hydroxylation is 2. The first-order valence-corrected chi connectivity index (χ1v) is 14.9. The molecule has 1 amide bonds. The van der Waals surface area contributed by atoms with E-state index >= 15 is 0 Å². The molecule has 1 aliphatic carbocycles. The maximum atomic E-state index is 13.0. The Hall–Kier alpha value is -2.14. The summed E-state index contributed by atoms with van der Waals surface area (Å²) in [5.74, 6) is -1.77. The molecule has 3 rings (SSSR count). The van der Waals surface area contributed by atoms with Crippen LogP contribution in [0, 0.1) is 11.8 Å². The van der Waals surface area contributed by atoms with E-state index in [-0.39, 0.29) is 28.3 Å². The van der Waals surface area contributed by atoms with Gasteiger partial charge in [-0.05, 0) is 56.6 Å². The van der Waals surface area contributed by atoms with E-state index in [0.717, 1.165) is 12.5 Å². The van der Waals surface area contributed by atoms with Crippen molar-refractivity contribution in [3.8, 4) is 11.3 Å². The molecule has 1 aliphatic rings. The third-order valence-electron chi connectivity index (χ3n) is 7.12. The number of carbonyl (C=O) groups is 1. The molecular weight excluding hydrogens is 529 g/mol. The Morgan fingerprint density at radius 2 is 1.89 bits per heavy atom. The van der Waals surface area contributed by atoms with Crippen LogP contribution < -0.4 is 5.32 Å². The van der Waals surface area contributed by atoms with Crippen molar-refractivity contribution in [3.05, 3.63) is 34.2 Å². The van der Waals surface area contributed by atoms with Gasteiger partial charge in [-0.2, -0.15) is 18.3 Å². The number of hydrogen-bond acceptors (Lipinski definition) is 5. The molecule has 1 atom stereocenters. The molecule has 0 spiro atoms. The van der Waals surface area contributed by atoms with E-state index in [1.54, 1.807) is 10.7 Å². The average Bonchev–Trinajstić information content (AvgIpc) is 3.17. The summed E-state index contributed by atoms with van der Waals surface area (Å²) in [7, 11) is -3.05. The van der Waals surface area contributed by atoms with Crippen LogP contribution in [0.3, 0.4) is 0 Å². The number of carbonyl (C=O) groups excluding carboxylic acids is 1. The fourth-order valence-electron chi connectivity index (χ4n) is 4.75. The van der Waals surface area contributed by atoms with Crippen LogP contribution in [0.5, 0.6) is 0 Å². The molecule has 2 aromatic rings. The summed E-state index contributed by atoms with van der Waals surface area (Å²) in [5.41, 5.74) is 2.31. The molecule has 1 saturated carbocycles. The fraction of sp³-hybridized carbons (Fsp3) is 0.640. The summed E-state index contributed by atoms with van der Waals surface area (Å²) < 4.78 is 64.2. The van der Waals surface area contributed by atoms with Crippen LogP contribution in [-0.4, -0.2) is 53.3 Å². The number of nitrogens with one attached hydrogen (secondary N) is 1. The van der Waals surface area contributed by atoms with Gasteiger partial charge in [0.05, 0.1) is 21.9 Å². The highest BCUT2D eigenvalue weighted by Crippen LogP contribution is 2.35. The van der Waals surface area contributed by atoms with Crippen LogP contribution in [0.2, 0.25) is 5.02 Å². The third kappa shape index (κ3) is 7.04. The summed E-state index contributed by atoms with van der Waals surface area (Å²) >= 11 is 6.65. The first kappa shape index (κ1) is 29.4. The van der Waals surface area contributed by atoms with Crippen molar-refractivity contribution in [1.29, 1.82) is 0 Å². The number of pyridine rings is 1. The molecule has 0 saturated heterocycles. The molecule has 37 heavy (non-hydrogen) atoms. The summed E-state index contributed by atoms with van der Waals surface area (Å²) in [6, 6.07) is 1.66. The topological polar surface area (TPSA) is 93.9 Å². The molecule has 2 heterocycles. The Labute approximate surface area is 221 Å². The van der Waals surface area contributed by atoms with Gasteiger partial charge in [0, 0.05) is 43.2 Å². The van der Waals surface area contributed by atoms with E-state index < -0.39 is 27.8 Å². The quantitative estimate of drug-likeness (QED) is 0.450. The van der Waals surface area contributed by atoms with Crippen molar-refractivity contribution in [2.45, 2.75) is 77.3 Å². The monoisotopic (exact) mass is 562 g/mol. The molecule has 0 aliphatic heterocycles. The second-order valence-electron chi connectivity index (χ2n) is 9.84. The molecule has 1 unspecified atom stereocenters. The number of sulfone groups is 1. The predicted octanol–water partition coefficient (Wildman–Crippen LogP) is 5.25. The highest BCUT2D eigenvalue weighted by molar-refractivity contribution is 7.91. The van der Waals surface area contributed by atoms with E-state index in [1.165, 1.54) is 12.5 Å². The minimum atomic E-state index is -4.30. The van der Waals surface area contributed by atoms with Crippen molar-refractivity contribution in [2.75, 3.05) is 12.8 Å². The number of amides is 1. The predicted molar refractivity (Wildman–Crippen MR) is 137 cm³/mol. The molecule has 7 nitrogen and oxygen atoms in total. The molecule has 12 heteroatoms. The van der Waals surface area contributed by atoms with Crippen molar-refractivity contribution in [3.63, 3.8) is 0 Å². The van der Waals surface area contributed by atoms with Crippen molar-refractivity contribution in [1.82, 2.24) is 20.1 Å². The second kappa shape index (κ2) is 11.7. The van der Waals surface area contributed by atoms with Crippen molar-refractivity contribution < 1.29 is 26.4 Å². The summed E-state index contributed by atoms with van der Waals surface area (Å²) in [4.78, 5) is 17.2. The van der Waals surface area contributed by atoms with E-state index in [9.17, 15) is 26.4 Å². The lowest BCUT2D eigenvalue weighted by atomic mass is 9.89. The third-order valence-corrected chi connectivity index (χ3v) is 9.16. The lowest BCUT2D eigenvalue weighted by molar-refractivity contribution is -0.169. The van der Waals surface area contributed by atoms with Gasteiger partial charge in [-0.3, -0.25) is 14.5 Å². The summed E-state index contributed by atoms with van der Waals surface area (Å²) in [6.45, 7) is 5.70. The van der Waals surface area contributed by atoms with E-state index in [2.05, 4.69) is 15.4 Å². The maximum absolute atomic E-state index is 13.0. The van der Waals surface area contributed by atoms with E-state index in [4.69, 9.17) is 11.6 Å². The smallest absolute Gasteiger partial charge is 0.350 e. The van der Waals surface area contributed by atoms with Crippen LogP contribution in [0.15, 0.2) is 12.3 Å². The largest absolute Gasteiger partial charge is 0.391 e. The van der Waals surface area contributed by atoms with Gasteiger partial charge in [-0.15, -0.1) is 0 Å². The Balaban J connectivity index is 1.78. The Morgan fingerprint density at radius 3 is 2.43 bits per heavy atom. The minimum absolute atomic E-state index is 0.0696. The first-order chi connectivity index (χ1) is 17.3. The Morgan fingerprint density at radius 1 is 1.24 bits per heavy atom. The zero-order chi connectivity index (χ0) is 27.5. The zero-order valence-electron chi connectivity index (χ0n) is 21.5. The summed E-state index contributed by atoms with van der Waals surface area (Å²) in [6.07, 6.45) is 1.38. The Bertz CT molecular complexity index is 1220. The number of nitrogens with zero attached hydrogens (tertiary/aromatic N) is 3. The van der Waals surface area contributed by atoms with Gasteiger partial charge < -0.3 is 5.32 Å². The van der Waals surface area contributed by atoms with Gasteiger partial charge in [-0.25, -0.2) is 8.42 Å². The number of rotatable bonds is 9. The average molecular weight is 563 g/mol. The molecule has 2 aromatic heterocycles. The van der Waals surface area contributed by atoms with Crippen molar-refractivity contribution in [2.24, 2.45) is 11.8 Å². The highest BCUT2D eigenvalue weighted by Gasteiger charge is 2.36. The van der Waals surface area contributed by atoms with Crippen LogP contribution in [-0.2, 0) is 29.2 Å². The minimum Gasteiger partial charge on any atom is -0.350 e. The SMILES string of the molecule is CCc1cc(CC(C)C(F)(F)F)ncc1-c1c(Cl)c(C(=O)NCC2CCC(S(C)(=O)=O)CC2)nn1CC. The number of halogens is 4. The summed E-state index contributed by atoms with van der Waals surface area (Å²) in [5, 5.41) is 7.13. The van der Waals surface area contributed by atoms with Gasteiger partial charge in [0.2, 0.25) is 0 Å². The highest BCUT2D eigenvalue weighted by atomic mass is 35.5. The Kier molecular flexibility index (Phi) is 9.32. The van der Waals surface area contributed by atoms with Gasteiger partial charge in [-0.1, -0.05) is 25.4 Å². The first-order valence-electron chi connectivity index (χ1n) is 12.5. The van der Waals surface area contributed by atoms with Crippen LogP contribution in [0.1, 0.15) is 68.2 Å². The molecular formula is C25H34ClF3N4O3S. The zero-order valence-corrected chi connectivity index (χ0v) is 23.1. The molecule has 0 radical (unpaired) electrons. The second-order valence-corrected chi connectivity index (χ2v) is 12.5. The lowest BCUT2D eigenvalue weighted by Crippen LogP contribution is -2.34. The lowest BCUT2D eigenvalue weighted by Gasteiger charge is -2.27. The van der Waals surface area contributed by atoms with Gasteiger partial charge in [0.1, 0.15) is 9.84 Å². The standard InChI is InChI=1S/C25H34ClF3N4O3S/c1-5-17-12-18(11-15(3)25(27,28)29)30-14-20(17)23-21(26)22(32-33(23)6-2)24(34)31-13-16-7-9-19(10-8-16)37(4,35)36/h12,14-16,19H,5-11,13H2,1-4H3,(H,31,34). The fourth-order valence-corrected chi connectivity index (χ4v) is 6.20. The number of hydrogen-bond donors (Lipinski definition) is 1. The van der Waals surface area contributed by atoms with Crippen molar-refractivity contribution >= 4 is 27.3 Å². The molecule has 1 fully saturated rings.